The van der Waals surface area contributed by atoms with Crippen LogP contribution in [0.1, 0.15) is 24.3 Å². The molecule has 0 radical (unpaired) electrons. The van der Waals surface area contributed by atoms with Crippen molar-refractivity contribution >= 4 is 28.6 Å². The van der Waals surface area contributed by atoms with Gasteiger partial charge in [-0.3, -0.25) is 4.90 Å². The number of nitrogens with zero attached hydrogens (tertiary/aromatic N) is 1. The van der Waals surface area contributed by atoms with Gasteiger partial charge in [0.15, 0.2) is 0 Å². The van der Waals surface area contributed by atoms with Crippen LogP contribution in [0.4, 0.5) is 5.69 Å². The molecule has 0 aliphatic heterocycles. The van der Waals surface area contributed by atoms with E-state index in [2.05, 4.69) is 48.3 Å². The first-order chi connectivity index (χ1) is 9.72. The van der Waals surface area contributed by atoms with Crippen LogP contribution in [0.2, 0.25) is 5.02 Å². The van der Waals surface area contributed by atoms with Crippen LogP contribution in [0.25, 0.3) is 0 Å². The smallest absolute Gasteiger partial charge is 0.0516 e. The molecule has 0 atom stereocenters. The molecule has 1 heterocycles. The van der Waals surface area contributed by atoms with Crippen molar-refractivity contribution in [2.45, 2.75) is 26.9 Å². The lowest BCUT2D eigenvalue weighted by molar-refractivity contribution is 0.296. The van der Waals surface area contributed by atoms with E-state index in [1.807, 2.05) is 11.4 Å². The molecule has 0 bridgehead atoms. The van der Waals surface area contributed by atoms with Crippen molar-refractivity contribution in [3.05, 3.63) is 51.2 Å². The first-order valence-corrected chi connectivity index (χ1v) is 8.25. The zero-order valence-electron chi connectivity index (χ0n) is 12.0. The molecule has 4 heteroatoms. The molecule has 0 saturated heterocycles. The van der Waals surface area contributed by atoms with Gasteiger partial charge in [-0.1, -0.05) is 43.6 Å². The van der Waals surface area contributed by atoms with Crippen molar-refractivity contribution in [1.82, 2.24) is 4.90 Å². The minimum absolute atomic E-state index is 0.822. The molecule has 0 amide bonds. The van der Waals surface area contributed by atoms with Crippen molar-refractivity contribution in [1.29, 1.82) is 0 Å². The van der Waals surface area contributed by atoms with E-state index in [9.17, 15) is 0 Å². The molecule has 0 fully saturated rings. The maximum Gasteiger partial charge on any atom is 0.0516 e. The number of nitrogens with one attached hydrogen (secondary N) is 1. The van der Waals surface area contributed by atoms with Crippen molar-refractivity contribution < 1.29 is 0 Å². The fourth-order valence-corrected chi connectivity index (χ4v) is 3.16. The van der Waals surface area contributed by atoms with Crippen LogP contribution in [0.5, 0.6) is 0 Å². The van der Waals surface area contributed by atoms with E-state index >= 15 is 0 Å². The number of para-hydroxylation sites is 1. The van der Waals surface area contributed by atoms with E-state index in [1.165, 1.54) is 16.1 Å². The molecule has 1 N–H and O–H groups in total. The van der Waals surface area contributed by atoms with Gasteiger partial charge in [-0.05, 0) is 30.8 Å². The highest BCUT2D eigenvalue weighted by Crippen LogP contribution is 2.22. The number of thiophene rings is 1. The summed E-state index contributed by atoms with van der Waals surface area (Å²) in [6.45, 7) is 8.37. The van der Waals surface area contributed by atoms with Gasteiger partial charge in [0.05, 0.1) is 5.02 Å². The molecular weight excluding hydrogens is 288 g/mol. The van der Waals surface area contributed by atoms with E-state index in [4.69, 9.17) is 11.6 Å². The van der Waals surface area contributed by atoms with E-state index in [-0.39, 0.29) is 0 Å². The van der Waals surface area contributed by atoms with Crippen LogP contribution in [0, 0.1) is 0 Å². The standard InChI is InChI=1S/C16H21ClN2S/c1-3-19(4-2)11-13-7-5-6-8-16(13)18-10-15-9-14(17)12-20-15/h5-9,12,18H,3-4,10-11H2,1-2H3. The largest absolute Gasteiger partial charge is 0.380 e. The highest BCUT2D eigenvalue weighted by atomic mass is 35.5. The van der Waals surface area contributed by atoms with Gasteiger partial charge in [0.25, 0.3) is 0 Å². The Bertz CT molecular complexity index is 535. The molecule has 2 nitrogen and oxygen atoms in total. The molecule has 0 saturated carbocycles. The second-order valence-electron chi connectivity index (χ2n) is 4.70. The van der Waals surface area contributed by atoms with E-state index in [0.717, 1.165) is 31.2 Å². The lowest BCUT2D eigenvalue weighted by Crippen LogP contribution is -2.22. The summed E-state index contributed by atoms with van der Waals surface area (Å²) in [5.41, 5.74) is 2.56. The summed E-state index contributed by atoms with van der Waals surface area (Å²) in [4.78, 5) is 3.68. The molecule has 1 aromatic carbocycles. The van der Waals surface area contributed by atoms with Gasteiger partial charge in [-0.25, -0.2) is 0 Å². The third kappa shape index (κ3) is 4.23. The van der Waals surface area contributed by atoms with Crippen LogP contribution in [-0.4, -0.2) is 18.0 Å². The minimum Gasteiger partial charge on any atom is -0.380 e. The minimum atomic E-state index is 0.822. The fraction of sp³-hybridized carbons (Fsp3) is 0.375. The summed E-state index contributed by atoms with van der Waals surface area (Å²) < 4.78 is 0. The summed E-state index contributed by atoms with van der Waals surface area (Å²) in [7, 11) is 0. The summed E-state index contributed by atoms with van der Waals surface area (Å²) in [6, 6.07) is 10.5. The molecular formula is C16H21ClN2S. The Balaban J connectivity index is 2.03. The van der Waals surface area contributed by atoms with Crippen molar-refractivity contribution in [3.63, 3.8) is 0 Å². The predicted molar refractivity (Wildman–Crippen MR) is 89.7 cm³/mol. The number of hydrogen-bond acceptors (Lipinski definition) is 3. The monoisotopic (exact) mass is 308 g/mol. The van der Waals surface area contributed by atoms with Gasteiger partial charge in [-0.15, -0.1) is 11.3 Å². The Morgan fingerprint density at radius 1 is 1.20 bits per heavy atom. The van der Waals surface area contributed by atoms with Crippen molar-refractivity contribution in [2.75, 3.05) is 18.4 Å². The fourth-order valence-electron chi connectivity index (χ4n) is 2.15. The summed E-state index contributed by atoms with van der Waals surface area (Å²) in [5, 5.41) is 6.32. The quantitative estimate of drug-likeness (QED) is 0.786. The second-order valence-corrected chi connectivity index (χ2v) is 6.14. The molecule has 0 aliphatic carbocycles. The molecule has 0 unspecified atom stereocenters. The van der Waals surface area contributed by atoms with E-state index in [1.54, 1.807) is 11.3 Å². The third-order valence-electron chi connectivity index (χ3n) is 3.38. The van der Waals surface area contributed by atoms with Gasteiger partial charge < -0.3 is 5.32 Å². The van der Waals surface area contributed by atoms with E-state index in [0.29, 0.717) is 0 Å². The molecule has 0 aliphatic rings. The average Bonchev–Trinajstić information content (AvgIpc) is 2.89. The zero-order valence-corrected chi connectivity index (χ0v) is 13.6. The number of benzene rings is 1. The molecule has 0 spiro atoms. The molecule has 2 rings (SSSR count). The van der Waals surface area contributed by atoms with Crippen LogP contribution in [-0.2, 0) is 13.1 Å². The highest BCUT2D eigenvalue weighted by molar-refractivity contribution is 7.10. The van der Waals surface area contributed by atoms with Crippen LogP contribution >= 0.6 is 22.9 Å². The number of hydrogen-bond donors (Lipinski definition) is 1. The van der Waals surface area contributed by atoms with Gasteiger partial charge in [0.1, 0.15) is 0 Å². The zero-order chi connectivity index (χ0) is 14.4. The SMILES string of the molecule is CCN(CC)Cc1ccccc1NCc1cc(Cl)cs1. The summed E-state index contributed by atoms with van der Waals surface area (Å²) in [5.74, 6) is 0. The maximum absolute atomic E-state index is 5.96. The van der Waals surface area contributed by atoms with Gasteiger partial charge in [0, 0.05) is 29.0 Å². The predicted octanol–water partition coefficient (Wildman–Crippen LogP) is 4.86. The Morgan fingerprint density at radius 2 is 1.95 bits per heavy atom. The maximum atomic E-state index is 5.96. The van der Waals surface area contributed by atoms with Crippen LogP contribution in [0.15, 0.2) is 35.7 Å². The first kappa shape index (κ1) is 15.4. The normalized spacial score (nSPS) is 11.0. The van der Waals surface area contributed by atoms with Gasteiger partial charge >= 0.3 is 0 Å². The first-order valence-electron chi connectivity index (χ1n) is 7.00. The van der Waals surface area contributed by atoms with Gasteiger partial charge in [0.2, 0.25) is 0 Å². The highest BCUT2D eigenvalue weighted by Gasteiger charge is 2.06. The van der Waals surface area contributed by atoms with Crippen molar-refractivity contribution in [3.8, 4) is 0 Å². The average molecular weight is 309 g/mol. The Labute approximate surface area is 130 Å². The number of anilines is 1. The Kier molecular flexibility index (Phi) is 5.89. The lowest BCUT2D eigenvalue weighted by Gasteiger charge is -2.20. The molecule has 1 aromatic heterocycles. The molecule has 108 valence electrons. The summed E-state index contributed by atoms with van der Waals surface area (Å²) in [6.07, 6.45) is 0. The van der Waals surface area contributed by atoms with E-state index < -0.39 is 0 Å². The lowest BCUT2D eigenvalue weighted by atomic mass is 10.1. The topological polar surface area (TPSA) is 15.3 Å². The van der Waals surface area contributed by atoms with Crippen LogP contribution < -0.4 is 5.32 Å². The second kappa shape index (κ2) is 7.67. The Hall–Kier alpha value is -1.03. The molecule has 2 aromatic rings. The van der Waals surface area contributed by atoms with Crippen molar-refractivity contribution in [2.24, 2.45) is 0 Å². The van der Waals surface area contributed by atoms with Crippen LogP contribution in [0.3, 0.4) is 0 Å². The summed E-state index contributed by atoms with van der Waals surface area (Å²) >= 11 is 7.65. The van der Waals surface area contributed by atoms with Gasteiger partial charge in [-0.2, -0.15) is 0 Å². The number of halogens is 1. The third-order valence-corrected chi connectivity index (χ3v) is 4.66. The number of rotatable bonds is 7. The Morgan fingerprint density at radius 3 is 2.60 bits per heavy atom. The molecule has 20 heavy (non-hydrogen) atoms.